The quantitative estimate of drug-likeness (QED) is 0.457. The number of hydrogen-bond donors (Lipinski definition) is 1. The van der Waals surface area contributed by atoms with E-state index in [1.165, 1.54) is 27.4 Å². The van der Waals surface area contributed by atoms with Gasteiger partial charge in [0.2, 0.25) is 17.2 Å². The lowest BCUT2D eigenvalue weighted by Crippen LogP contribution is -2.56. The molecule has 5 rings (SSSR count). The lowest BCUT2D eigenvalue weighted by Gasteiger charge is -2.35. The van der Waals surface area contributed by atoms with Gasteiger partial charge < -0.3 is 28.5 Å². The van der Waals surface area contributed by atoms with Crippen LogP contribution in [0.3, 0.4) is 0 Å². The largest absolute Gasteiger partial charge is 0.497 e. The van der Waals surface area contributed by atoms with Crippen molar-refractivity contribution in [2.45, 2.75) is 25.4 Å². The van der Waals surface area contributed by atoms with Crippen LogP contribution in [-0.2, 0) is 17.6 Å². The minimum atomic E-state index is -1.97. The molecule has 2 atom stereocenters. The molecule has 37 heavy (non-hydrogen) atoms. The number of ether oxygens (including phenoxy) is 4. The molecule has 1 aliphatic heterocycles. The Morgan fingerprint density at radius 2 is 1.70 bits per heavy atom. The van der Waals surface area contributed by atoms with Crippen LogP contribution < -0.4 is 18.9 Å². The number of methoxy groups -OCH3 is 3. The lowest BCUT2D eigenvalue weighted by molar-refractivity contribution is -0.136. The van der Waals surface area contributed by atoms with Crippen molar-refractivity contribution in [1.82, 2.24) is 0 Å². The Morgan fingerprint density at radius 1 is 1.05 bits per heavy atom. The topological polar surface area (TPSA) is 122 Å². The maximum Gasteiger partial charge on any atom is 0.307 e. The SMILES string of the molecule is COc1ccc(-c2oc3c(c2CC(=O)O)C(=O)[C@@]2(Oc4c(Cl)c(OC)cc(OC)c4C2=O)[C@H](C)C3)cc1. The molecule has 192 valence electrons. The van der Waals surface area contributed by atoms with Crippen LogP contribution in [0.15, 0.2) is 34.7 Å². The highest BCUT2D eigenvalue weighted by Gasteiger charge is 2.63. The fraction of sp³-hybridized carbons (Fsp3) is 0.296. The maximum absolute atomic E-state index is 14.2. The molecule has 0 saturated heterocycles. The molecular weight excluding hydrogens is 504 g/mol. The Morgan fingerprint density at radius 3 is 2.30 bits per heavy atom. The molecule has 9 nitrogen and oxygen atoms in total. The van der Waals surface area contributed by atoms with Crippen molar-refractivity contribution in [2.75, 3.05) is 21.3 Å². The number of furan rings is 1. The summed E-state index contributed by atoms with van der Waals surface area (Å²) in [7, 11) is 4.32. The number of carboxylic acid groups (broad SMARTS) is 1. The van der Waals surface area contributed by atoms with Gasteiger partial charge in [0, 0.05) is 29.5 Å². The first-order valence-electron chi connectivity index (χ1n) is 11.4. The third-order valence-corrected chi connectivity index (χ3v) is 7.29. The number of benzene rings is 2. The molecule has 2 aromatic carbocycles. The monoisotopic (exact) mass is 526 g/mol. The number of ketones is 2. The third-order valence-electron chi connectivity index (χ3n) is 6.93. The van der Waals surface area contributed by atoms with Crippen LogP contribution >= 0.6 is 11.6 Å². The molecule has 0 bridgehead atoms. The van der Waals surface area contributed by atoms with Crippen molar-refractivity contribution in [2.24, 2.45) is 5.92 Å². The average molecular weight is 527 g/mol. The zero-order valence-electron chi connectivity index (χ0n) is 20.5. The zero-order valence-corrected chi connectivity index (χ0v) is 21.2. The molecule has 1 aromatic heterocycles. The third kappa shape index (κ3) is 3.48. The van der Waals surface area contributed by atoms with Gasteiger partial charge in [0.05, 0.1) is 33.3 Å². The molecule has 0 amide bonds. The van der Waals surface area contributed by atoms with Crippen molar-refractivity contribution in [1.29, 1.82) is 0 Å². The summed E-state index contributed by atoms with van der Waals surface area (Å²) < 4.78 is 28.1. The van der Waals surface area contributed by atoms with Gasteiger partial charge in [0.15, 0.2) is 5.75 Å². The number of aliphatic carboxylic acids is 1. The van der Waals surface area contributed by atoms with Crippen molar-refractivity contribution in [3.63, 3.8) is 0 Å². The second kappa shape index (κ2) is 8.85. The zero-order chi connectivity index (χ0) is 26.6. The number of carboxylic acids is 1. The number of carbonyl (C=O) groups excluding carboxylic acids is 2. The van der Waals surface area contributed by atoms with Gasteiger partial charge in [0.1, 0.15) is 39.4 Å². The fourth-order valence-electron chi connectivity index (χ4n) is 5.13. The van der Waals surface area contributed by atoms with Crippen molar-refractivity contribution >= 4 is 29.1 Å². The van der Waals surface area contributed by atoms with Gasteiger partial charge in [-0.05, 0) is 24.3 Å². The van der Waals surface area contributed by atoms with E-state index in [0.717, 1.165) is 0 Å². The summed E-state index contributed by atoms with van der Waals surface area (Å²) in [5.41, 5.74) is -1.15. The van der Waals surface area contributed by atoms with Gasteiger partial charge >= 0.3 is 5.97 Å². The Bertz CT molecular complexity index is 1450. The van der Waals surface area contributed by atoms with E-state index >= 15 is 0 Å². The predicted molar refractivity (Wildman–Crippen MR) is 131 cm³/mol. The van der Waals surface area contributed by atoms with Crippen LogP contribution in [0.25, 0.3) is 11.3 Å². The Labute approximate surface area is 216 Å². The van der Waals surface area contributed by atoms with Crippen LogP contribution in [-0.4, -0.2) is 49.6 Å². The number of fused-ring (bicyclic) bond motifs is 2. The van der Waals surface area contributed by atoms with Crippen molar-refractivity contribution < 1.29 is 42.9 Å². The number of rotatable bonds is 6. The van der Waals surface area contributed by atoms with Gasteiger partial charge in [-0.25, -0.2) is 0 Å². The summed E-state index contributed by atoms with van der Waals surface area (Å²) in [5.74, 6) is -1.60. The summed E-state index contributed by atoms with van der Waals surface area (Å²) in [5, 5.41) is 9.71. The van der Waals surface area contributed by atoms with E-state index in [4.69, 9.17) is 35.0 Å². The van der Waals surface area contributed by atoms with Crippen LogP contribution in [0.1, 0.15) is 39.0 Å². The van der Waals surface area contributed by atoms with E-state index in [1.807, 2.05) is 0 Å². The standard InChI is InChI=1S/C27H23ClO9/c1-12-9-17-20(15(10-19(29)30)23(36-17)13-5-7-14(33-2)8-6-13)25(31)27(12)26(32)21-16(34-3)11-18(35-4)22(28)24(21)37-27/h5-8,11-12H,9-10H2,1-4H3,(H,29,30)/t12-,27+/m1/s1. The second-order valence-corrected chi connectivity index (χ2v) is 9.29. The molecular formula is C27H23ClO9. The average Bonchev–Trinajstić information content (AvgIpc) is 3.39. The van der Waals surface area contributed by atoms with Gasteiger partial charge in [0.25, 0.3) is 0 Å². The number of carbonyl (C=O) groups is 3. The van der Waals surface area contributed by atoms with E-state index < -0.39 is 35.5 Å². The van der Waals surface area contributed by atoms with Crippen LogP contribution in [0.2, 0.25) is 5.02 Å². The molecule has 10 heteroatoms. The maximum atomic E-state index is 14.2. The smallest absolute Gasteiger partial charge is 0.307 e. The molecule has 1 N–H and O–H groups in total. The molecule has 0 unspecified atom stereocenters. The van der Waals surface area contributed by atoms with E-state index in [1.54, 1.807) is 31.2 Å². The second-order valence-electron chi connectivity index (χ2n) is 8.91. The molecule has 0 radical (unpaired) electrons. The number of Topliss-reactive ketones (excluding diaryl/α,β-unsaturated/α-hetero) is 2. The molecule has 2 heterocycles. The highest BCUT2D eigenvalue weighted by Crippen LogP contribution is 2.54. The Hall–Kier alpha value is -3.98. The molecule has 0 fully saturated rings. The number of hydrogen-bond acceptors (Lipinski definition) is 8. The van der Waals surface area contributed by atoms with E-state index in [2.05, 4.69) is 0 Å². The molecule has 0 saturated carbocycles. The Balaban J connectivity index is 1.69. The summed E-state index contributed by atoms with van der Waals surface area (Å²) in [4.78, 5) is 40.0. The van der Waals surface area contributed by atoms with Crippen LogP contribution in [0.5, 0.6) is 23.0 Å². The minimum Gasteiger partial charge on any atom is -0.497 e. The lowest BCUT2D eigenvalue weighted by atomic mass is 9.71. The fourth-order valence-corrected chi connectivity index (χ4v) is 5.39. The number of halogens is 1. The first kappa shape index (κ1) is 24.7. The highest BCUT2D eigenvalue weighted by atomic mass is 35.5. The van der Waals surface area contributed by atoms with Crippen molar-refractivity contribution in [3.8, 4) is 34.3 Å². The van der Waals surface area contributed by atoms with Crippen molar-refractivity contribution in [3.05, 3.63) is 57.8 Å². The molecule has 2 aliphatic rings. The summed E-state index contributed by atoms with van der Waals surface area (Å²) in [6.07, 6.45) is -0.337. The van der Waals surface area contributed by atoms with Gasteiger partial charge in [-0.2, -0.15) is 0 Å². The van der Waals surface area contributed by atoms with E-state index in [0.29, 0.717) is 17.1 Å². The molecule has 1 spiro atoms. The van der Waals surface area contributed by atoms with E-state index in [-0.39, 0.29) is 51.1 Å². The molecule has 3 aromatic rings. The first-order chi connectivity index (χ1) is 17.7. The predicted octanol–water partition coefficient (Wildman–Crippen LogP) is 4.64. The summed E-state index contributed by atoms with van der Waals surface area (Å²) in [6, 6.07) is 8.29. The first-order valence-corrected chi connectivity index (χ1v) is 11.8. The van der Waals surface area contributed by atoms with Crippen LogP contribution in [0.4, 0.5) is 0 Å². The molecule has 1 aliphatic carbocycles. The Kier molecular flexibility index (Phi) is 5.91. The van der Waals surface area contributed by atoms with Crippen LogP contribution in [0, 0.1) is 5.92 Å². The van der Waals surface area contributed by atoms with Gasteiger partial charge in [-0.15, -0.1) is 0 Å². The normalized spacial score (nSPS) is 19.9. The van der Waals surface area contributed by atoms with E-state index in [9.17, 15) is 19.5 Å². The minimum absolute atomic E-state index is 0.00910. The van der Waals surface area contributed by atoms with Gasteiger partial charge in [-0.1, -0.05) is 18.5 Å². The summed E-state index contributed by atoms with van der Waals surface area (Å²) >= 11 is 6.48. The highest BCUT2D eigenvalue weighted by molar-refractivity contribution is 6.36. The summed E-state index contributed by atoms with van der Waals surface area (Å²) in [6.45, 7) is 1.70. The van der Waals surface area contributed by atoms with Gasteiger partial charge in [-0.3, -0.25) is 14.4 Å².